The lowest BCUT2D eigenvalue weighted by Crippen LogP contribution is -2.59. The predicted octanol–water partition coefficient (Wildman–Crippen LogP) is 7.29. The van der Waals surface area contributed by atoms with Crippen LogP contribution in [0.5, 0.6) is 0 Å². The Morgan fingerprint density at radius 1 is 0.552 bits per heavy atom. The molecule has 0 spiro atoms. The summed E-state index contributed by atoms with van der Waals surface area (Å²) < 4.78 is 16.0. The van der Waals surface area contributed by atoms with Gasteiger partial charge in [0.2, 0.25) is 0 Å². The van der Waals surface area contributed by atoms with Gasteiger partial charge in [-0.05, 0) is 204 Å². The van der Waals surface area contributed by atoms with Gasteiger partial charge in [-0.2, -0.15) is 0 Å². The molecule has 1 aliphatic heterocycles. The summed E-state index contributed by atoms with van der Waals surface area (Å²) in [6, 6.07) is 0. The van der Waals surface area contributed by atoms with E-state index in [0.29, 0.717) is 109 Å². The van der Waals surface area contributed by atoms with E-state index in [4.69, 9.17) is 14.2 Å². The zero-order chi connectivity index (χ0) is 51.3. The Labute approximate surface area is 404 Å². The number of allylic oxidation sites excluding steroid dienone is 5. The van der Waals surface area contributed by atoms with E-state index in [0.717, 1.165) is 36.8 Å². The SMILES string of the molecule is CC(=O)OC[C@H]1O[C@@H](OC/C=C(\C)CC/C=C(\C)CCC(O)C(C)(O)CCCC(C)(O)CCCC(C)(O)CCCC(C)(O)CCCC(C)(O)CCCC(C)(O)CCC=C(C)C)[C@H](O)[C@@H](O)[C@@H]1O. The van der Waals surface area contributed by atoms with Crippen LogP contribution in [0.3, 0.4) is 0 Å². The van der Waals surface area contributed by atoms with Crippen LogP contribution in [0.4, 0.5) is 0 Å². The Morgan fingerprint density at radius 3 is 1.40 bits per heavy atom. The van der Waals surface area contributed by atoms with E-state index in [9.17, 15) is 55.9 Å². The largest absolute Gasteiger partial charge is 0.463 e. The van der Waals surface area contributed by atoms with Gasteiger partial charge in [-0.25, -0.2) is 0 Å². The van der Waals surface area contributed by atoms with Crippen molar-refractivity contribution in [3.63, 3.8) is 0 Å². The van der Waals surface area contributed by atoms with Crippen LogP contribution in [0.1, 0.15) is 211 Å². The molecule has 1 saturated heterocycles. The molecule has 0 bridgehead atoms. The van der Waals surface area contributed by atoms with Crippen molar-refractivity contribution >= 4 is 5.97 Å². The molecule has 0 aromatic heterocycles. The zero-order valence-electron chi connectivity index (χ0n) is 43.6. The Bertz CT molecular complexity index is 1490. The van der Waals surface area contributed by atoms with Crippen LogP contribution in [0.15, 0.2) is 34.9 Å². The van der Waals surface area contributed by atoms with Crippen molar-refractivity contribution in [2.45, 2.75) is 281 Å². The average Bonchev–Trinajstić information content (AvgIpc) is 3.18. The molecule has 1 fully saturated rings. The summed E-state index contributed by atoms with van der Waals surface area (Å²) in [5.41, 5.74) is -2.44. The topological polar surface area (TPSA) is 247 Å². The average molecular weight is 959 g/mol. The Morgan fingerprint density at radius 2 is 0.970 bits per heavy atom. The molecular formula is C53H98O14. The van der Waals surface area contributed by atoms with Crippen LogP contribution in [0.25, 0.3) is 0 Å². The van der Waals surface area contributed by atoms with Crippen LogP contribution in [0, 0.1) is 0 Å². The Balaban J connectivity index is 2.37. The van der Waals surface area contributed by atoms with E-state index < -0.39 is 76.4 Å². The van der Waals surface area contributed by atoms with Gasteiger partial charge < -0.3 is 65.3 Å². The molecular weight excluding hydrogens is 861 g/mol. The Kier molecular flexibility index (Phi) is 27.9. The smallest absolute Gasteiger partial charge is 0.302 e. The number of hydrogen-bond donors (Lipinski definition) is 10. The highest BCUT2D eigenvalue weighted by Crippen LogP contribution is 2.32. The summed E-state index contributed by atoms with van der Waals surface area (Å²) in [7, 11) is 0. The van der Waals surface area contributed by atoms with Crippen LogP contribution in [-0.4, -0.2) is 141 Å². The van der Waals surface area contributed by atoms with Crippen molar-refractivity contribution in [1.82, 2.24) is 0 Å². The summed E-state index contributed by atoms with van der Waals surface area (Å²) >= 11 is 0. The van der Waals surface area contributed by atoms with Gasteiger partial charge in [-0.1, -0.05) is 34.9 Å². The lowest BCUT2D eigenvalue weighted by Gasteiger charge is -2.39. The lowest BCUT2D eigenvalue weighted by atomic mass is 9.83. The molecule has 12 atom stereocenters. The number of aliphatic hydroxyl groups excluding tert-OH is 4. The number of carbonyl (C=O) groups is 1. The molecule has 0 radical (unpaired) electrons. The normalized spacial score (nSPS) is 25.4. The number of aliphatic hydroxyl groups is 10. The first-order valence-electron chi connectivity index (χ1n) is 25.2. The number of ether oxygens (including phenoxy) is 3. The molecule has 0 aromatic carbocycles. The standard InChI is InChI=1S/C53H98O14/c1-38(2)19-13-25-48(6,59)26-14-27-49(7,60)28-15-29-50(8,61)30-16-31-51(9,62)32-17-33-52(10,63)34-18-35-53(11,64)43(55)23-22-39(3)20-12-21-40(4)24-36-65-47-46(58)45(57)44(56)42(67-47)37-66-41(5)54/h19-20,24,42-47,55-64H,12-18,21-23,25-37H2,1-11H3/b39-20+,40-24+/t42-,43?,44-,45+,46-,47-,48?,49?,50?,51?,52?,53?/m1/s1. The summed E-state index contributed by atoms with van der Waals surface area (Å²) in [6.07, 6.45) is 10.7. The highest BCUT2D eigenvalue weighted by molar-refractivity contribution is 5.65. The molecule has 14 nitrogen and oxygen atoms in total. The molecule has 0 amide bonds. The van der Waals surface area contributed by atoms with Gasteiger partial charge in [0.15, 0.2) is 6.29 Å². The molecule has 7 unspecified atom stereocenters. The molecule has 0 aromatic rings. The molecule has 1 heterocycles. The number of hydrogen-bond acceptors (Lipinski definition) is 14. The van der Waals surface area contributed by atoms with Crippen molar-refractivity contribution < 1.29 is 70.1 Å². The Hall–Kier alpha value is -1.79. The van der Waals surface area contributed by atoms with Crippen LogP contribution >= 0.6 is 0 Å². The number of esters is 1. The molecule has 394 valence electrons. The maximum absolute atomic E-state index is 11.1. The summed E-state index contributed by atoms with van der Waals surface area (Å²) in [6.45, 7) is 19.7. The van der Waals surface area contributed by atoms with Crippen LogP contribution in [-0.2, 0) is 19.0 Å². The molecule has 0 saturated carbocycles. The third-order valence-electron chi connectivity index (χ3n) is 13.7. The summed E-state index contributed by atoms with van der Waals surface area (Å²) in [4.78, 5) is 11.1. The molecule has 67 heavy (non-hydrogen) atoms. The van der Waals surface area contributed by atoms with Gasteiger partial charge >= 0.3 is 5.97 Å². The van der Waals surface area contributed by atoms with E-state index in [1.165, 1.54) is 12.5 Å². The quantitative estimate of drug-likeness (QED) is 0.0222. The lowest BCUT2D eigenvalue weighted by molar-refractivity contribution is -0.299. The van der Waals surface area contributed by atoms with Crippen molar-refractivity contribution in [3.8, 4) is 0 Å². The van der Waals surface area contributed by atoms with Gasteiger partial charge in [0.1, 0.15) is 31.0 Å². The van der Waals surface area contributed by atoms with Crippen molar-refractivity contribution in [1.29, 1.82) is 0 Å². The second-order valence-corrected chi connectivity index (χ2v) is 22.3. The fraction of sp³-hybridized carbons (Fsp3) is 0.868. The van der Waals surface area contributed by atoms with Crippen LogP contribution < -0.4 is 0 Å². The van der Waals surface area contributed by atoms with E-state index in [-0.39, 0.29) is 13.2 Å². The van der Waals surface area contributed by atoms with Gasteiger partial charge in [0.05, 0.1) is 46.3 Å². The minimum absolute atomic E-state index is 0.0891. The third-order valence-corrected chi connectivity index (χ3v) is 13.7. The molecule has 1 aliphatic rings. The van der Waals surface area contributed by atoms with Gasteiger partial charge in [0, 0.05) is 6.92 Å². The van der Waals surface area contributed by atoms with E-state index >= 15 is 0 Å². The highest BCUT2D eigenvalue weighted by atomic mass is 16.7. The minimum Gasteiger partial charge on any atom is -0.463 e. The second kappa shape index (κ2) is 29.5. The van der Waals surface area contributed by atoms with E-state index in [2.05, 4.69) is 26.0 Å². The monoisotopic (exact) mass is 959 g/mol. The first-order chi connectivity index (χ1) is 30.8. The molecule has 1 rings (SSSR count). The van der Waals surface area contributed by atoms with E-state index in [1.807, 2.05) is 40.7 Å². The molecule has 0 aliphatic carbocycles. The fourth-order valence-electron chi connectivity index (χ4n) is 8.79. The zero-order valence-corrected chi connectivity index (χ0v) is 43.6. The number of carbonyl (C=O) groups excluding carboxylic acids is 1. The first-order valence-corrected chi connectivity index (χ1v) is 25.2. The first kappa shape index (κ1) is 63.2. The predicted molar refractivity (Wildman–Crippen MR) is 263 cm³/mol. The van der Waals surface area contributed by atoms with Gasteiger partial charge in [0.25, 0.3) is 0 Å². The third kappa shape index (κ3) is 28.6. The maximum atomic E-state index is 11.1. The van der Waals surface area contributed by atoms with Gasteiger partial charge in [-0.3, -0.25) is 4.79 Å². The highest BCUT2D eigenvalue weighted by Gasteiger charge is 2.44. The van der Waals surface area contributed by atoms with E-state index in [1.54, 1.807) is 20.8 Å². The fourth-order valence-corrected chi connectivity index (χ4v) is 8.79. The van der Waals surface area contributed by atoms with Crippen molar-refractivity contribution in [2.75, 3.05) is 13.2 Å². The summed E-state index contributed by atoms with van der Waals surface area (Å²) in [5, 5.41) is 108. The van der Waals surface area contributed by atoms with Gasteiger partial charge in [-0.15, -0.1) is 0 Å². The summed E-state index contributed by atoms with van der Waals surface area (Å²) in [5.74, 6) is -0.566. The molecule has 10 N–H and O–H groups in total. The second-order valence-electron chi connectivity index (χ2n) is 22.3. The minimum atomic E-state index is -1.53. The maximum Gasteiger partial charge on any atom is 0.302 e. The number of rotatable bonds is 35. The molecule has 14 heteroatoms. The van der Waals surface area contributed by atoms with Crippen molar-refractivity contribution in [2.24, 2.45) is 0 Å². The van der Waals surface area contributed by atoms with Crippen LogP contribution in [0.2, 0.25) is 0 Å². The van der Waals surface area contributed by atoms with Crippen molar-refractivity contribution in [3.05, 3.63) is 34.9 Å².